The van der Waals surface area contributed by atoms with Crippen LogP contribution in [-0.4, -0.2) is 65.4 Å². The number of carboxylic acids is 1. The van der Waals surface area contributed by atoms with Crippen molar-refractivity contribution in [3.05, 3.63) is 68.8 Å². The second-order valence-electron chi connectivity index (χ2n) is 11.3. The number of carbonyl (C=O) groups is 2. The van der Waals surface area contributed by atoms with Gasteiger partial charge in [-0.25, -0.2) is 14.6 Å². The molecular weight excluding hydrogens is 540 g/mol. The van der Waals surface area contributed by atoms with E-state index in [-0.39, 0.29) is 29.1 Å². The maximum absolute atomic E-state index is 12.7. The Balaban J connectivity index is 0.000000163. The van der Waals surface area contributed by atoms with Gasteiger partial charge in [-0.2, -0.15) is 0 Å². The minimum absolute atomic E-state index is 0.0430. The molecule has 6 heterocycles. The average molecular weight is 575 g/mol. The van der Waals surface area contributed by atoms with Gasteiger partial charge in [-0.3, -0.25) is 23.6 Å². The van der Waals surface area contributed by atoms with Gasteiger partial charge in [0.1, 0.15) is 12.2 Å². The van der Waals surface area contributed by atoms with E-state index in [2.05, 4.69) is 51.7 Å². The Bertz CT molecular complexity index is 1910. The quantitative estimate of drug-likeness (QED) is 0.367. The van der Waals surface area contributed by atoms with E-state index < -0.39 is 17.2 Å². The Morgan fingerprint density at radius 2 is 1.90 bits per heavy atom. The van der Waals surface area contributed by atoms with Crippen LogP contribution in [0.4, 0.5) is 0 Å². The molecule has 1 aromatic carbocycles. The highest BCUT2D eigenvalue weighted by Gasteiger charge is 2.51. The molecule has 1 fully saturated rings. The van der Waals surface area contributed by atoms with Gasteiger partial charge >= 0.3 is 17.6 Å². The first kappa shape index (κ1) is 27.7. The average Bonchev–Trinajstić information content (AvgIpc) is 3.57. The number of methoxy groups -OCH3 is 1. The topological polar surface area (TPSA) is 134 Å². The van der Waals surface area contributed by atoms with E-state index in [0.717, 1.165) is 42.4 Å². The van der Waals surface area contributed by atoms with Crippen LogP contribution in [0.3, 0.4) is 0 Å². The highest BCUT2D eigenvalue weighted by molar-refractivity contribution is 6.13. The first-order valence-electron chi connectivity index (χ1n) is 14.1. The first-order chi connectivity index (χ1) is 20.1. The summed E-state index contributed by atoms with van der Waals surface area (Å²) in [5, 5.41) is 10.00. The largest absolute Gasteiger partial charge is 0.480 e. The molecule has 3 aliphatic rings. The van der Waals surface area contributed by atoms with Crippen molar-refractivity contribution in [1.29, 1.82) is 0 Å². The standard InChI is InChI=1S/C21H24N2O2.C9H10N4O4/c1-3-21-10-6-11-22-12-9-15-14-7-4-5-8-16(14)23(18(15)19(21)22)17(13-21)20(24)25-2;1-11-7-6(8(16)12(2)9(11)17)13(4-10-7)3-5(14)15/h4-5,7-8,13,19H,3,6,9-12H2,1-2H3;4H,3H2,1-2H3,(H,14,15)/t19-,21+;/m1./s1. The number of imidazole rings is 1. The number of carbonyl (C=O) groups excluding carboxylic acids is 1. The molecule has 3 aliphatic heterocycles. The van der Waals surface area contributed by atoms with E-state index >= 15 is 0 Å². The highest BCUT2D eigenvalue weighted by atomic mass is 16.5. The number of hydrogen-bond acceptors (Lipinski definition) is 7. The number of benzene rings is 1. The molecule has 0 spiro atoms. The van der Waals surface area contributed by atoms with Crippen LogP contribution in [0, 0.1) is 5.41 Å². The number of aryl methyl sites for hydroxylation is 1. The van der Waals surface area contributed by atoms with Crippen molar-refractivity contribution >= 4 is 39.7 Å². The number of piperidine rings is 1. The molecule has 42 heavy (non-hydrogen) atoms. The lowest BCUT2D eigenvalue weighted by atomic mass is 9.66. The molecule has 0 radical (unpaired) electrons. The third kappa shape index (κ3) is 3.96. The van der Waals surface area contributed by atoms with Crippen LogP contribution in [0.1, 0.15) is 43.5 Å². The number of aromatic nitrogens is 5. The van der Waals surface area contributed by atoms with E-state index in [1.807, 2.05) is 0 Å². The Morgan fingerprint density at radius 3 is 2.62 bits per heavy atom. The SMILES string of the molecule is CC[C@@]12C=C(C(=O)OC)n3c4c(c5ccccc53)CCN(CCC1)[C@H]42.Cn1c(=O)c2c(ncn2CC(=O)O)n(C)c1=O. The number of rotatable bonds is 4. The van der Waals surface area contributed by atoms with E-state index in [9.17, 15) is 19.2 Å². The summed E-state index contributed by atoms with van der Waals surface area (Å²) in [5.74, 6) is -1.31. The molecule has 2 atom stereocenters. The number of carboxylic acid groups (broad SMARTS) is 1. The maximum Gasteiger partial charge on any atom is 0.354 e. The third-order valence-corrected chi connectivity index (χ3v) is 9.17. The van der Waals surface area contributed by atoms with Crippen LogP contribution < -0.4 is 11.2 Å². The maximum atomic E-state index is 12.7. The fourth-order valence-electron chi connectivity index (χ4n) is 7.20. The number of para-hydroxylation sites is 1. The molecule has 4 aromatic rings. The lowest BCUT2D eigenvalue weighted by Crippen LogP contribution is -2.51. The Kier molecular flexibility index (Phi) is 6.68. The number of esters is 1. The number of hydrogen-bond donors (Lipinski definition) is 1. The molecule has 0 saturated carbocycles. The summed E-state index contributed by atoms with van der Waals surface area (Å²) in [5.41, 5.74) is 3.91. The van der Waals surface area contributed by atoms with Crippen LogP contribution in [0.15, 0.2) is 46.3 Å². The molecular formula is C30H34N6O6. The van der Waals surface area contributed by atoms with Gasteiger partial charge in [0, 0.05) is 37.1 Å². The van der Waals surface area contributed by atoms with Crippen molar-refractivity contribution in [2.75, 3.05) is 20.2 Å². The summed E-state index contributed by atoms with van der Waals surface area (Å²) < 4.78 is 10.7. The second kappa shape index (κ2) is 10.1. The summed E-state index contributed by atoms with van der Waals surface area (Å²) in [7, 11) is 4.30. The lowest BCUT2D eigenvalue weighted by molar-refractivity contribution is -0.137. The summed E-state index contributed by atoms with van der Waals surface area (Å²) in [4.78, 5) is 53.3. The predicted octanol–water partition coefficient (Wildman–Crippen LogP) is 2.28. The number of nitrogens with zero attached hydrogens (tertiary/aromatic N) is 6. The lowest BCUT2D eigenvalue weighted by Gasteiger charge is -2.53. The molecule has 1 N–H and O–H groups in total. The molecule has 12 nitrogen and oxygen atoms in total. The second-order valence-corrected chi connectivity index (χ2v) is 11.3. The molecule has 0 unspecified atom stereocenters. The zero-order chi connectivity index (χ0) is 29.9. The molecule has 220 valence electrons. The summed E-state index contributed by atoms with van der Waals surface area (Å²) in [6, 6.07) is 8.89. The van der Waals surface area contributed by atoms with Crippen molar-refractivity contribution in [3.8, 4) is 0 Å². The smallest absolute Gasteiger partial charge is 0.354 e. The minimum atomic E-state index is -1.08. The van der Waals surface area contributed by atoms with Crippen molar-refractivity contribution in [2.45, 2.75) is 45.2 Å². The summed E-state index contributed by atoms with van der Waals surface area (Å²) in [6.07, 6.45) is 7.93. The molecule has 0 aliphatic carbocycles. The highest BCUT2D eigenvalue weighted by Crippen LogP contribution is 2.57. The van der Waals surface area contributed by atoms with Gasteiger partial charge in [0.2, 0.25) is 0 Å². The van der Waals surface area contributed by atoms with Gasteiger partial charge in [0.15, 0.2) is 11.2 Å². The predicted molar refractivity (Wildman–Crippen MR) is 156 cm³/mol. The molecule has 0 bridgehead atoms. The Morgan fingerprint density at radius 1 is 1.14 bits per heavy atom. The fraction of sp³-hybridized carbons (Fsp3) is 0.433. The van der Waals surface area contributed by atoms with Crippen molar-refractivity contribution in [1.82, 2.24) is 28.2 Å². The van der Waals surface area contributed by atoms with Gasteiger partial charge in [0.05, 0.1) is 25.0 Å². The van der Waals surface area contributed by atoms with E-state index in [0.29, 0.717) is 11.7 Å². The zero-order valence-electron chi connectivity index (χ0n) is 24.2. The van der Waals surface area contributed by atoms with Crippen LogP contribution in [0.5, 0.6) is 0 Å². The summed E-state index contributed by atoms with van der Waals surface area (Å²) >= 11 is 0. The molecule has 12 heteroatoms. The molecule has 0 amide bonds. The van der Waals surface area contributed by atoms with Gasteiger partial charge < -0.3 is 19.0 Å². The number of aliphatic carboxylic acids is 1. The van der Waals surface area contributed by atoms with Crippen LogP contribution in [-0.2, 0) is 41.4 Å². The van der Waals surface area contributed by atoms with Crippen LogP contribution >= 0.6 is 0 Å². The minimum Gasteiger partial charge on any atom is -0.480 e. The normalized spacial score (nSPS) is 21.0. The first-order valence-corrected chi connectivity index (χ1v) is 14.1. The van der Waals surface area contributed by atoms with E-state index in [1.54, 1.807) is 0 Å². The van der Waals surface area contributed by atoms with Gasteiger partial charge in [-0.15, -0.1) is 0 Å². The molecule has 1 saturated heterocycles. The van der Waals surface area contributed by atoms with Gasteiger partial charge in [-0.05, 0) is 49.9 Å². The number of fused-ring (bicyclic) bond motifs is 4. The summed E-state index contributed by atoms with van der Waals surface area (Å²) in [6.45, 7) is 4.18. The van der Waals surface area contributed by atoms with Crippen molar-refractivity contribution in [2.24, 2.45) is 19.5 Å². The fourth-order valence-corrected chi connectivity index (χ4v) is 7.20. The zero-order valence-corrected chi connectivity index (χ0v) is 24.2. The van der Waals surface area contributed by atoms with E-state index in [1.165, 1.54) is 59.7 Å². The van der Waals surface area contributed by atoms with Crippen LogP contribution in [0.2, 0.25) is 0 Å². The monoisotopic (exact) mass is 574 g/mol. The van der Waals surface area contributed by atoms with Crippen LogP contribution in [0.25, 0.3) is 27.8 Å². The van der Waals surface area contributed by atoms with E-state index in [4.69, 9.17) is 9.84 Å². The molecule has 7 rings (SSSR count). The van der Waals surface area contributed by atoms with Crippen molar-refractivity contribution < 1.29 is 19.4 Å². The third-order valence-electron chi connectivity index (χ3n) is 9.17. The Hall–Kier alpha value is -4.45. The number of ether oxygens (including phenoxy) is 1. The molecule has 3 aromatic heterocycles. The Labute approximate surface area is 241 Å². The van der Waals surface area contributed by atoms with Gasteiger partial charge in [-0.1, -0.05) is 25.1 Å². The van der Waals surface area contributed by atoms with Gasteiger partial charge in [0.25, 0.3) is 5.56 Å². The van der Waals surface area contributed by atoms with Crippen molar-refractivity contribution in [3.63, 3.8) is 0 Å².